The number of rotatable bonds is 6. The van der Waals surface area contributed by atoms with Crippen LogP contribution in [0.25, 0.3) is 0 Å². The van der Waals surface area contributed by atoms with E-state index in [4.69, 9.17) is 0 Å². The molecule has 4 nitrogen and oxygen atoms in total. The van der Waals surface area contributed by atoms with Crippen molar-refractivity contribution in [2.45, 2.75) is 33.2 Å². The van der Waals surface area contributed by atoms with Crippen molar-refractivity contribution < 1.29 is 0 Å². The Kier molecular flexibility index (Phi) is 5.73. The van der Waals surface area contributed by atoms with E-state index in [9.17, 15) is 0 Å². The smallest absolute Gasteiger partial charge is 0.142 e. The number of nitrogens with one attached hydrogen (secondary N) is 1. The highest BCUT2D eigenvalue weighted by molar-refractivity contribution is 4.89. The largest absolute Gasteiger partial charge is 0.316 e. The van der Waals surface area contributed by atoms with Crippen molar-refractivity contribution in [2.24, 2.45) is 11.8 Å². The zero-order chi connectivity index (χ0) is 13.5. The van der Waals surface area contributed by atoms with Crippen molar-refractivity contribution in [3.63, 3.8) is 0 Å². The summed E-state index contributed by atoms with van der Waals surface area (Å²) < 4.78 is 0. The molecular formula is C15H26N4. The van der Waals surface area contributed by atoms with Gasteiger partial charge in [-0.15, -0.1) is 0 Å². The molecule has 0 radical (unpaired) electrons. The Morgan fingerprint density at radius 2 is 2.16 bits per heavy atom. The van der Waals surface area contributed by atoms with Crippen LogP contribution in [0.2, 0.25) is 0 Å². The van der Waals surface area contributed by atoms with Crippen LogP contribution in [-0.2, 0) is 6.54 Å². The van der Waals surface area contributed by atoms with Crippen molar-refractivity contribution in [3.05, 3.63) is 24.3 Å². The minimum Gasteiger partial charge on any atom is -0.316 e. The topological polar surface area (TPSA) is 41.0 Å². The summed E-state index contributed by atoms with van der Waals surface area (Å²) in [5, 5.41) is 3.58. The van der Waals surface area contributed by atoms with Gasteiger partial charge >= 0.3 is 0 Å². The molecule has 1 aliphatic rings. The summed E-state index contributed by atoms with van der Waals surface area (Å²) in [5.41, 5.74) is 0. The highest BCUT2D eigenvalue weighted by atomic mass is 15.2. The van der Waals surface area contributed by atoms with Crippen LogP contribution in [0.4, 0.5) is 0 Å². The number of hydrogen-bond donors (Lipinski definition) is 1. The first-order valence-corrected chi connectivity index (χ1v) is 7.43. The molecule has 1 atom stereocenters. The quantitative estimate of drug-likeness (QED) is 0.850. The molecule has 1 aliphatic heterocycles. The van der Waals surface area contributed by atoms with E-state index in [1.54, 1.807) is 0 Å². The number of piperidine rings is 1. The Balaban J connectivity index is 1.74. The van der Waals surface area contributed by atoms with Gasteiger partial charge in [-0.05, 0) is 50.4 Å². The summed E-state index contributed by atoms with van der Waals surface area (Å²) >= 11 is 0. The summed E-state index contributed by atoms with van der Waals surface area (Å²) in [6.45, 7) is 10.0. The fraction of sp³-hybridized carbons (Fsp3) is 0.733. The molecule has 2 rings (SSSR count). The van der Waals surface area contributed by atoms with Gasteiger partial charge in [0.2, 0.25) is 0 Å². The SMILES string of the molecule is CC(C)CNCC1CCCN(Cc2ncccn2)C1. The predicted octanol–water partition coefficient (Wildman–Crippen LogP) is 1.93. The number of nitrogens with zero attached hydrogens (tertiary/aromatic N) is 3. The van der Waals surface area contributed by atoms with Crippen LogP contribution in [0.15, 0.2) is 18.5 Å². The molecule has 0 aliphatic carbocycles. The molecule has 0 aromatic carbocycles. The highest BCUT2D eigenvalue weighted by Crippen LogP contribution is 2.17. The molecule has 19 heavy (non-hydrogen) atoms. The summed E-state index contributed by atoms with van der Waals surface area (Å²) in [6.07, 6.45) is 6.29. The first-order valence-electron chi connectivity index (χ1n) is 7.43. The number of likely N-dealkylation sites (tertiary alicyclic amines) is 1. The lowest BCUT2D eigenvalue weighted by Crippen LogP contribution is -2.40. The minimum atomic E-state index is 0.734. The average Bonchev–Trinajstić information content (AvgIpc) is 2.40. The highest BCUT2D eigenvalue weighted by Gasteiger charge is 2.20. The second-order valence-electron chi connectivity index (χ2n) is 5.96. The summed E-state index contributed by atoms with van der Waals surface area (Å²) in [4.78, 5) is 11.1. The van der Waals surface area contributed by atoms with Crippen LogP contribution in [0.1, 0.15) is 32.5 Å². The predicted molar refractivity (Wildman–Crippen MR) is 77.7 cm³/mol. The van der Waals surface area contributed by atoms with Gasteiger partial charge in [0.05, 0.1) is 6.54 Å². The van der Waals surface area contributed by atoms with Gasteiger partial charge in [0.1, 0.15) is 5.82 Å². The van der Waals surface area contributed by atoms with Gasteiger partial charge in [0.25, 0.3) is 0 Å². The van der Waals surface area contributed by atoms with E-state index >= 15 is 0 Å². The first-order chi connectivity index (χ1) is 9.24. The molecule has 0 amide bonds. The second kappa shape index (κ2) is 7.56. The Bertz CT molecular complexity index is 352. The number of aromatic nitrogens is 2. The molecule has 2 heterocycles. The van der Waals surface area contributed by atoms with Gasteiger partial charge in [-0.2, -0.15) is 0 Å². The van der Waals surface area contributed by atoms with Gasteiger partial charge in [0.15, 0.2) is 0 Å². The van der Waals surface area contributed by atoms with Gasteiger partial charge in [0, 0.05) is 18.9 Å². The molecule has 1 saturated heterocycles. The molecular weight excluding hydrogens is 236 g/mol. The standard InChI is InChI=1S/C15H26N4/c1-13(2)9-16-10-14-5-3-8-19(11-14)12-15-17-6-4-7-18-15/h4,6-7,13-14,16H,3,5,8-12H2,1-2H3. The molecule has 0 bridgehead atoms. The summed E-state index contributed by atoms with van der Waals surface area (Å²) in [7, 11) is 0. The van der Waals surface area contributed by atoms with Crippen LogP contribution in [0.5, 0.6) is 0 Å². The third-order valence-corrected chi connectivity index (χ3v) is 3.57. The summed E-state index contributed by atoms with van der Waals surface area (Å²) in [6, 6.07) is 1.87. The summed E-state index contributed by atoms with van der Waals surface area (Å²) in [5.74, 6) is 2.45. The van der Waals surface area contributed by atoms with Crippen molar-refractivity contribution in [3.8, 4) is 0 Å². The molecule has 0 saturated carbocycles. The van der Waals surface area contributed by atoms with Gasteiger partial charge in [-0.1, -0.05) is 13.8 Å². The minimum absolute atomic E-state index is 0.734. The molecule has 1 aromatic rings. The van der Waals surface area contributed by atoms with Crippen LogP contribution in [-0.4, -0.2) is 41.0 Å². The van der Waals surface area contributed by atoms with E-state index < -0.39 is 0 Å². The van der Waals surface area contributed by atoms with E-state index in [0.717, 1.165) is 37.3 Å². The van der Waals surface area contributed by atoms with E-state index in [1.165, 1.54) is 25.9 Å². The maximum atomic E-state index is 4.31. The molecule has 1 aromatic heterocycles. The van der Waals surface area contributed by atoms with E-state index in [0.29, 0.717) is 0 Å². The zero-order valence-electron chi connectivity index (χ0n) is 12.2. The van der Waals surface area contributed by atoms with Crippen LogP contribution in [0, 0.1) is 11.8 Å². The Labute approximate surface area is 116 Å². The van der Waals surface area contributed by atoms with Gasteiger partial charge in [-0.3, -0.25) is 4.90 Å². The fourth-order valence-electron chi connectivity index (χ4n) is 2.65. The lowest BCUT2D eigenvalue weighted by molar-refractivity contribution is 0.161. The van der Waals surface area contributed by atoms with Crippen LogP contribution >= 0.6 is 0 Å². The van der Waals surface area contributed by atoms with Gasteiger partial charge in [-0.25, -0.2) is 9.97 Å². The van der Waals surface area contributed by atoms with Crippen LogP contribution in [0.3, 0.4) is 0 Å². The first kappa shape index (κ1) is 14.4. The zero-order valence-corrected chi connectivity index (χ0v) is 12.2. The number of hydrogen-bond acceptors (Lipinski definition) is 4. The third-order valence-electron chi connectivity index (χ3n) is 3.57. The van der Waals surface area contributed by atoms with Crippen molar-refractivity contribution in [1.29, 1.82) is 0 Å². The lowest BCUT2D eigenvalue weighted by Gasteiger charge is -2.32. The van der Waals surface area contributed by atoms with Crippen molar-refractivity contribution in [1.82, 2.24) is 20.2 Å². The van der Waals surface area contributed by atoms with Crippen molar-refractivity contribution in [2.75, 3.05) is 26.2 Å². The Morgan fingerprint density at radius 1 is 1.37 bits per heavy atom. The lowest BCUT2D eigenvalue weighted by atomic mass is 9.98. The van der Waals surface area contributed by atoms with E-state index in [-0.39, 0.29) is 0 Å². The molecule has 106 valence electrons. The monoisotopic (exact) mass is 262 g/mol. The molecule has 4 heteroatoms. The third kappa shape index (κ3) is 5.25. The Morgan fingerprint density at radius 3 is 2.89 bits per heavy atom. The second-order valence-corrected chi connectivity index (χ2v) is 5.96. The average molecular weight is 262 g/mol. The van der Waals surface area contributed by atoms with Gasteiger partial charge < -0.3 is 5.32 Å². The van der Waals surface area contributed by atoms with Crippen LogP contribution < -0.4 is 5.32 Å². The molecule has 1 unspecified atom stereocenters. The molecule has 1 N–H and O–H groups in total. The Hall–Kier alpha value is -1.00. The van der Waals surface area contributed by atoms with E-state index in [1.807, 2.05) is 18.5 Å². The molecule has 1 fully saturated rings. The van der Waals surface area contributed by atoms with E-state index in [2.05, 4.69) is 34.0 Å². The molecule has 0 spiro atoms. The fourth-order valence-corrected chi connectivity index (χ4v) is 2.65. The normalized spacial score (nSPS) is 20.9. The maximum absolute atomic E-state index is 4.31. The van der Waals surface area contributed by atoms with Crippen molar-refractivity contribution >= 4 is 0 Å². The maximum Gasteiger partial charge on any atom is 0.142 e.